The van der Waals surface area contributed by atoms with Gasteiger partial charge >= 0.3 is 5.97 Å². The van der Waals surface area contributed by atoms with Crippen LogP contribution < -0.4 is 65.5 Å². The maximum Gasteiger partial charge on any atom is 0.326 e. The molecular weight excluding hydrogens is 1040 g/mol. The molecule has 25 heteroatoms. The van der Waals surface area contributed by atoms with Gasteiger partial charge in [0.25, 0.3) is 0 Å². The minimum absolute atomic E-state index is 0.0175. The van der Waals surface area contributed by atoms with E-state index in [2.05, 4.69) is 42.5 Å². The van der Waals surface area contributed by atoms with Crippen molar-refractivity contribution in [3.8, 4) is 5.75 Å². The SMILES string of the molecule is CC[C@H](C)[C@H](NC(=O)[C@H](Cc1ccccc1)NC(=O)[C@@H](N)CC(N)=O)C(=O)N[C@@H](CCCCN)C(=O)N[C@@H](Cc1ccc(O)cc1)C(=O)N[C@H](C(=O)N[C@@H](Cc1ccccc1)C(=O)N[C@@H](C)C(=O)N[C@@H](CC(N)=O)C(=O)O)C(C)C. The third-order valence-electron chi connectivity index (χ3n) is 13.0. The van der Waals surface area contributed by atoms with E-state index in [-0.39, 0.29) is 38.0 Å². The minimum atomic E-state index is -1.68. The summed E-state index contributed by atoms with van der Waals surface area (Å²) in [4.78, 5) is 147. The summed E-state index contributed by atoms with van der Waals surface area (Å²) in [5.41, 5.74) is 23.8. The Kier molecular flexibility index (Phi) is 27.2. The molecule has 0 bridgehead atoms. The van der Waals surface area contributed by atoms with E-state index in [1.807, 2.05) is 0 Å². The average molecular weight is 1120 g/mol. The summed E-state index contributed by atoms with van der Waals surface area (Å²) in [5.74, 6) is -11.4. The first-order valence-electron chi connectivity index (χ1n) is 26.4. The van der Waals surface area contributed by atoms with Gasteiger partial charge in [0, 0.05) is 19.3 Å². The molecule has 0 aromatic heterocycles. The third kappa shape index (κ3) is 22.5. The number of benzene rings is 3. The van der Waals surface area contributed by atoms with E-state index >= 15 is 0 Å². The molecule has 10 atom stereocenters. The standard InChI is InChI=1S/C55H78N12O13/c1-6-31(4)46(67-52(76)40(26-34-17-11-8-12-18-34)62-48(72)37(57)28-43(58)69)54(78)61-38(19-13-14-24-56)49(73)63-41(27-35-20-22-36(68)23-21-35)51(75)66-45(30(2)3)53(77)64-39(25-33-15-9-7-10-16-33)50(74)60-32(5)47(71)65-42(55(79)80)29-44(59)70/h7-12,15-18,20-23,30-32,37-42,45-46,68H,6,13-14,19,24-29,56-57H2,1-5H3,(H2,58,69)(H2,59,70)(H,60,74)(H,61,78)(H,62,72)(H,63,73)(H,64,77)(H,65,71)(H,66,75)(H,67,76)(H,79,80)/t31-,32-,37-,38-,39-,40-,41-,42-,45-,46-/m0/s1. The zero-order chi connectivity index (χ0) is 59.6. The van der Waals surface area contributed by atoms with Crippen LogP contribution in [0.15, 0.2) is 84.9 Å². The second kappa shape index (κ2) is 33.1. The molecule has 0 aliphatic carbocycles. The highest BCUT2D eigenvalue weighted by Gasteiger charge is 2.37. The van der Waals surface area contributed by atoms with Crippen LogP contribution in [0, 0.1) is 11.8 Å². The van der Waals surface area contributed by atoms with Crippen molar-refractivity contribution < 1.29 is 63.0 Å². The van der Waals surface area contributed by atoms with Crippen molar-refractivity contribution in [2.45, 2.75) is 147 Å². The van der Waals surface area contributed by atoms with E-state index in [9.17, 15) is 63.0 Å². The lowest BCUT2D eigenvalue weighted by atomic mass is 9.96. The number of hydrogen-bond donors (Lipinski definition) is 14. The molecule has 0 saturated heterocycles. The second-order valence-corrected chi connectivity index (χ2v) is 20.0. The summed E-state index contributed by atoms with van der Waals surface area (Å²) in [6.45, 7) is 8.22. The van der Waals surface area contributed by atoms with Gasteiger partial charge in [0.1, 0.15) is 54.1 Å². The lowest BCUT2D eigenvalue weighted by molar-refractivity contribution is -0.143. The number of amides is 10. The van der Waals surface area contributed by atoms with Crippen molar-refractivity contribution in [3.63, 3.8) is 0 Å². The van der Waals surface area contributed by atoms with E-state index in [1.165, 1.54) is 31.2 Å². The van der Waals surface area contributed by atoms with Gasteiger partial charge in [0.05, 0.1) is 18.9 Å². The molecule has 80 heavy (non-hydrogen) atoms. The average Bonchev–Trinajstić information content (AvgIpc) is 3.42. The number of nitrogens with two attached hydrogens (primary N) is 4. The Hall–Kier alpha value is -8.45. The molecule has 0 fully saturated rings. The topological polar surface area (TPSA) is 429 Å². The van der Waals surface area contributed by atoms with Gasteiger partial charge in [-0.3, -0.25) is 47.9 Å². The first-order chi connectivity index (χ1) is 37.8. The predicted molar refractivity (Wildman–Crippen MR) is 294 cm³/mol. The number of unbranched alkanes of at least 4 members (excludes halogenated alkanes) is 1. The van der Waals surface area contributed by atoms with Crippen molar-refractivity contribution in [1.82, 2.24) is 42.5 Å². The fraction of sp³-hybridized carbons (Fsp3) is 0.473. The van der Waals surface area contributed by atoms with Crippen molar-refractivity contribution >= 4 is 65.0 Å². The Labute approximate surface area is 464 Å². The molecule has 18 N–H and O–H groups in total. The molecule has 0 saturated carbocycles. The van der Waals surface area contributed by atoms with Crippen LogP contribution in [0.25, 0.3) is 0 Å². The van der Waals surface area contributed by atoms with E-state index < -0.39 is 144 Å². The molecule has 0 aliphatic heterocycles. The van der Waals surface area contributed by atoms with Crippen molar-refractivity contribution in [2.24, 2.45) is 34.8 Å². The fourth-order valence-corrected chi connectivity index (χ4v) is 8.16. The van der Waals surface area contributed by atoms with Gasteiger partial charge in [-0.25, -0.2) is 4.79 Å². The highest BCUT2D eigenvalue weighted by molar-refractivity contribution is 5.99. The van der Waals surface area contributed by atoms with Gasteiger partial charge in [0.2, 0.25) is 59.1 Å². The Morgan fingerprint density at radius 1 is 0.475 bits per heavy atom. The molecule has 3 aromatic rings. The number of carboxylic acid groups (broad SMARTS) is 1. The number of aliphatic carboxylic acids is 1. The van der Waals surface area contributed by atoms with Crippen LogP contribution in [0.2, 0.25) is 0 Å². The minimum Gasteiger partial charge on any atom is -0.508 e. The van der Waals surface area contributed by atoms with Gasteiger partial charge in [-0.1, -0.05) is 107 Å². The van der Waals surface area contributed by atoms with E-state index in [0.717, 1.165) is 0 Å². The molecule has 0 radical (unpaired) electrons. The largest absolute Gasteiger partial charge is 0.508 e. The van der Waals surface area contributed by atoms with E-state index in [1.54, 1.807) is 88.4 Å². The van der Waals surface area contributed by atoms with Crippen LogP contribution in [0.5, 0.6) is 5.75 Å². The number of hydrogen-bond acceptors (Lipinski definition) is 14. The molecule has 10 amide bonds. The van der Waals surface area contributed by atoms with Crippen LogP contribution in [0.1, 0.15) is 89.8 Å². The van der Waals surface area contributed by atoms with Gasteiger partial charge in [-0.2, -0.15) is 0 Å². The molecule has 0 spiro atoms. The highest BCUT2D eigenvalue weighted by Crippen LogP contribution is 2.16. The molecular formula is C55H78N12O13. The lowest BCUT2D eigenvalue weighted by Gasteiger charge is -2.30. The Balaban J connectivity index is 1.95. The summed E-state index contributed by atoms with van der Waals surface area (Å²) in [7, 11) is 0. The summed E-state index contributed by atoms with van der Waals surface area (Å²) in [6.07, 6.45) is -0.408. The molecule has 0 aliphatic rings. The molecule has 3 rings (SSSR count). The smallest absolute Gasteiger partial charge is 0.326 e. The number of carboxylic acids is 1. The Morgan fingerprint density at radius 3 is 1.35 bits per heavy atom. The van der Waals surface area contributed by atoms with Gasteiger partial charge in [-0.05, 0) is 73.4 Å². The molecule has 0 heterocycles. The normalized spacial score (nSPS) is 14.8. The summed E-state index contributed by atoms with van der Waals surface area (Å²) >= 11 is 0. The number of primary amides is 2. The van der Waals surface area contributed by atoms with Crippen LogP contribution in [-0.2, 0) is 72.0 Å². The molecule has 0 unspecified atom stereocenters. The number of aromatic hydroxyl groups is 1. The number of phenolic OH excluding ortho intramolecular Hbond substituents is 1. The summed E-state index contributed by atoms with van der Waals surface area (Å²) in [5, 5.41) is 40.3. The van der Waals surface area contributed by atoms with Crippen molar-refractivity contribution in [3.05, 3.63) is 102 Å². The van der Waals surface area contributed by atoms with Crippen LogP contribution >= 0.6 is 0 Å². The Morgan fingerprint density at radius 2 is 0.887 bits per heavy atom. The van der Waals surface area contributed by atoms with Crippen molar-refractivity contribution in [1.29, 1.82) is 0 Å². The molecule has 3 aromatic carbocycles. The number of rotatable bonds is 34. The lowest BCUT2D eigenvalue weighted by Crippen LogP contribution is -2.62. The molecule has 25 nitrogen and oxygen atoms in total. The maximum absolute atomic E-state index is 14.6. The first kappa shape index (κ1) is 65.8. The fourth-order valence-electron chi connectivity index (χ4n) is 8.16. The first-order valence-corrected chi connectivity index (χ1v) is 26.4. The zero-order valence-corrected chi connectivity index (χ0v) is 45.7. The summed E-state index contributed by atoms with van der Waals surface area (Å²) < 4.78 is 0. The van der Waals surface area contributed by atoms with Crippen LogP contribution in [-0.4, -0.2) is 136 Å². The number of carbonyl (C=O) groups excluding carboxylic acids is 10. The Bertz CT molecular complexity index is 2590. The van der Waals surface area contributed by atoms with Gasteiger partial charge in [0.15, 0.2) is 0 Å². The highest BCUT2D eigenvalue weighted by atomic mass is 16.4. The van der Waals surface area contributed by atoms with Crippen molar-refractivity contribution in [2.75, 3.05) is 6.54 Å². The monoisotopic (exact) mass is 1110 g/mol. The van der Waals surface area contributed by atoms with E-state index in [0.29, 0.717) is 36.0 Å². The van der Waals surface area contributed by atoms with E-state index in [4.69, 9.17) is 22.9 Å². The van der Waals surface area contributed by atoms with Crippen LogP contribution in [0.4, 0.5) is 0 Å². The van der Waals surface area contributed by atoms with Gasteiger partial charge < -0.3 is 75.7 Å². The maximum atomic E-state index is 14.6. The quantitative estimate of drug-likeness (QED) is 0.0297. The number of carbonyl (C=O) groups is 11. The van der Waals surface area contributed by atoms with Crippen LogP contribution in [0.3, 0.4) is 0 Å². The predicted octanol–water partition coefficient (Wildman–Crippen LogP) is -1.69. The second-order valence-electron chi connectivity index (χ2n) is 20.0. The third-order valence-corrected chi connectivity index (χ3v) is 13.0. The van der Waals surface area contributed by atoms with Gasteiger partial charge in [-0.15, -0.1) is 0 Å². The number of nitrogens with one attached hydrogen (secondary N) is 8. The zero-order valence-electron chi connectivity index (χ0n) is 45.7. The molecule has 436 valence electrons. The summed E-state index contributed by atoms with van der Waals surface area (Å²) in [6, 6.07) is 10.4. The number of phenols is 1.